The first-order valence-corrected chi connectivity index (χ1v) is 8.72. The largest absolute Gasteiger partial charge is 0.278 e. The minimum atomic E-state index is -3.66. The van der Waals surface area contributed by atoms with Crippen LogP contribution in [-0.4, -0.2) is 8.42 Å². The summed E-state index contributed by atoms with van der Waals surface area (Å²) >= 11 is 4.33. The molecule has 2 rings (SSSR count). The molecule has 0 fully saturated rings. The van der Waals surface area contributed by atoms with Gasteiger partial charge in [0.1, 0.15) is 15.2 Å². The Labute approximate surface area is 130 Å². The van der Waals surface area contributed by atoms with Crippen molar-refractivity contribution >= 4 is 43.0 Å². The summed E-state index contributed by atoms with van der Waals surface area (Å²) in [6, 6.07) is 8.57. The summed E-state index contributed by atoms with van der Waals surface area (Å²) in [4.78, 5) is 0.370. The van der Waals surface area contributed by atoms with Gasteiger partial charge in [0, 0.05) is 4.47 Å². The van der Waals surface area contributed by atoms with E-state index in [1.54, 1.807) is 0 Å². The molecule has 1 N–H and O–H groups in total. The molecule has 2 aromatic rings. The van der Waals surface area contributed by atoms with Crippen LogP contribution in [0.1, 0.15) is 16.0 Å². The molecule has 0 radical (unpaired) electrons. The minimum absolute atomic E-state index is 0.135. The second-order valence-electron chi connectivity index (χ2n) is 4.25. The van der Waals surface area contributed by atoms with Crippen LogP contribution < -0.4 is 4.72 Å². The fourth-order valence-electron chi connectivity index (χ4n) is 1.78. The van der Waals surface area contributed by atoms with E-state index >= 15 is 0 Å². The van der Waals surface area contributed by atoms with Crippen molar-refractivity contribution in [2.24, 2.45) is 0 Å². The summed E-state index contributed by atoms with van der Waals surface area (Å²) in [5.41, 5.74) is 2.23. The van der Waals surface area contributed by atoms with Crippen molar-refractivity contribution < 1.29 is 8.42 Å². The summed E-state index contributed by atoms with van der Waals surface area (Å²) in [6.07, 6.45) is 0. The predicted molar refractivity (Wildman–Crippen MR) is 83.5 cm³/mol. The standard InChI is InChI=1S/C13H11BrN2O2S2/c1-8-5-10(14)6-9(2)13(8)16-20(17,18)12-4-3-11(7-15)19-12/h3-6,16H,1-2H3. The summed E-state index contributed by atoms with van der Waals surface area (Å²) in [7, 11) is -3.66. The fraction of sp³-hybridized carbons (Fsp3) is 0.154. The van der Waals surface area contributed by atoms with Gasteiger partial charge in [-0.2, -0.15) is 5.26 Å². The molecule has 0 spiro atoms. The molecule has 0 saturated carbocycles. The molecule has 0 amide bonds. The summed E-state index contributed by atoms with van der Waals surface area (Å²) in [5.74, 6) is 0. The predicted octanol–water partition coefficient (Wildman–Crippen LogP) is 3.80. The van der Waals surface area contributed by atoms with Crippen LogP contribution in [0.3, 0.4) is 0 Å². The van der Waals surface area contributed by atoms with Crippen molar-refractivity contribution in [3.05, 3.63) is 44.7 Å². The third-order valence-corrected chi connectivity index (χ3v) is 5.98. The lowest BCUT2D eigenvalue weighted by molar-refractivity contribution is 0.603. The van der Waals surface area contributed by atoms with E-state index in [9.17, 15) is 8.42 Å². The highest BCUT2D eigenvalue weighted by atomic mass is 79.9. The van der Waals surface area contributed by atoms with E-state index in [0.29, 0.717) is 10.6 Å². The molecule has 1 aromatic carbocycles. The highest BCUT2D eigenvalue weighted by Gasteiger charge is 2.19. The molecule has 0 atom stereocenters. The van der Waals surface area contributed by atoms with Crippen LogP contribution in [0.15, 0.2) is 32.9 Å². The van der Waals surface area contributed by atoms with Crippen LogP contribution in [-0.2, 0) is 10.0 Å². The first kappa shape index (κ1) is 15.0. The van der Waals surface area contributed by atoms with Gasteiger partial charge in [0.05, 0.1) is 5.69 Å². The SMILES string of the molecule is Cc1cc(Br)cc(C)c1NS(=O)(=O)c1ccc(C#N)s1. The Kier molecular flexibility index (Phi) is 4.18. The van der Waals surface area contributed by atoms with Gasteiger partial charge in [-0.1, -0.05) is 15.9 Å². The maximum absolute atomic E-state index is 12.3. The first-order chi connectivity index (χ1) is 9.33. The number of sulfonamides is 1. The van der Waals surface area contributed by atoms with Crippen LogP contribution in [0.25, 0.3) is 0 Å². The van der Waals surface area contributed by atoms with Gasteiger partial charge in [0.2, 0.25) is 0 Å². The zero-order valence-corrected chi connectivity index (χ0v) is 14.0. The van der Waals surface area contributed by atoms with Crippen molar-refractivity contribution in [2.75, 3.05) is 4.72 Å². The molecular weight excluding hydrogens is 360 g/mol. The monoisotopic (exact) mass is 370 g/mol. The molecule has 0 saturated heterocycles. The van der Waals surface area contributed by atoms with Crippen LogP contribution in [0.4, 0.5) is 5.69 Å². The number of nitrogens with one attached hydrogen (secondary N) is 1. The Balaban J connectivity index is 2.41. The molecule has 104 valence electrons. The summed E-state index contributed by atoms with van der Waals surface area (Å²) in [5, 5.41) is 8.77. The number of halogens is 1. The Morgan fingerprint density at radius 2 is 1.85 bits per heavy atom. The lowest BCUT2D eigenvalue weighted by atomic mass is 10.1. The Hall–Kier alpha value is -1.36. The van der Waals surface area contributed by atoms with E-state index in [0.717, 1.165) is 26.9 Å². The van der Waals surface area contributed by atoms with Crippen molar-refractivity contribution in [2.45, 2.75) is 18.1 Å². The number of anilines is 1. The van der Waals surface area contributed by atoms with E-state index in [1.807, 2.05) is 32.0 Å². The maximum Gasteiger partial charge on any atom is 0.271 e. The van der Waals surface area contributed by atoms with Gasteiger partial charge in [-0.3, -0.25) is 4.72 Å². The average Bonchev–Trinajstić information content (AvgIpc) is 2.83. The Bertz CT molecular complexity index is 781. The number of thiophene rings is 1. The lowest BCUT2D eigenvalue weighted by Crippen LogP contribution is -2.13. The second kappa shape index (κ2) is 5.56. The van der Waals surface area contributed by atoms with Gasteiger partial charge in [-0.05, 0) is 49.2 Å². The number of hydrogen-bond donors (Lipinski definition) is 1. The number of aryl methyl sites for hydroxylation is 2. The highest BCUT2D eigenvalue weighted by molar-refractivity contribution is 9.10. The van der Waals surface area contributed by atoms with Crippen molar-refractivity contribution in [1.82, 2.24) is 0 Å². The highest BCUT2D eigenvalue weighted by Crippen LogP contribution is 2.29. The van der Waals surface area contributed by atoms with Gasteiger partial charge >= 0.3 is 0 Å². The normalized spacial score (nSPS) is 11.1. The van der Waals surface area contributed by atoms with E-state index in [4.69, 9.17) is 5.26 Å². The summed E-state index contributed by atoms with van der Waals surface area (Å²) in [6.45, 7) is 3.68. The van der Waals surface area contributed by atoms with Crippen molar-refractivity contribution in [3.63, 3.8) is 0 Å². The van der Waals surface area contributed by atoms with Crippen molar-refractivity contribution in [1.29, 1.82) is 5.26 Å². The molecule has 0 aliphatic carbocycles. The number of nitrogens with zero attached hydrogens (tertiary/aromatic N) is 1. The van der Waals surface area contributed by atoms with E-state index < -0.39 is 10.0 Å². The molecule has 4 nitrogen and oxygen atoms in total. The smallest absolute Gasteiger partial charge is 0.271 e. The van der Waals surface area contributed by atoms with Crippen molar-refractivity contribution in [3.8, 4) is 6.07 Å². The van der Waals surface area contributed by atoms with Crippen LogP contribution >= 0.6 is 27.3 Å². The van der Waals surface area contributed by atoms with Crippen LogP contribution in [0.2, 0.25) is 0 Å². The van der Waals surface area contributed by atoms with Gasteiger partial charge < -0.3 is 0 Å². The molecule has 1 aromatic heterocycles. The lowest BCUT2D eigenvalue weighted by Gasteiger charge is -2.12. The topological polar surface area (TPSA) is 70.0 Å². The average molecular weight is 371 g/mol. The summed E-state index contributed by atoms with van der Waals surface area (Å²) < 4.78 is 28.2. The quantitative estimate of drug-likeness (QED) is 0.892. The molecule has 0 aliphatic heterocycles. The molecule has 7 heteroatoms. The molecule has 0 aliphatic rings. The van der Waals surface area contributed by atoms with E-state index in [-0.39, 0.29) is 4.21 Å². The Morgan fingerprint density at radius 1 is 1.25 bits per heavy atom. The van der Waals surface area contributed by atoms with Gasteiger partial charge in [-0.25, -0.2) is 8.42 Å². The Morgan fingerprint density at radius 3 is 2.35 bits per heavy atom. The third-order valence-electron chi connectivity index (χ3n) is 2.69. The van der Waals surface area contributed by atoms with Gasteiger partial charge in [-0.15, -0.1) is 11.3 Å². The molecule has 1 heterocycles. The molecule has 0 unspecified atom stereocenters. The van der Waals surface area contributed by atoms with Crippen LogP contribution in [0, 0.1) is 25.2 Å². The number of benzene rings is 1. The van der Waals surface area contributed by atoms with E-state index in [1.165, 1.54) is 12.1 Å². The molecule has 0 bridgehead atoms. The first-order valence-electron chi connectivity index (χ1n) is 5.63. The number of hydrogen-bond acceptors (Lipinski definition) is 4. The number of nitriles is 1. The minimum Gasteiger partial charge on any atom is -0.278 e. The maximum atomic E-state index is 12.3. The fourth-order valence-corrected chi connectivity index (χ4v) is 4.77. The number of rotatable bonds is 3. The molecule has 20 heavy (non-hydrogen) atoms. The second-order valence-corrected chi connectivity index (χ2v) is 8.16. The van der Waals surface area contributed by atoms with Gasteiger partial charge in [0.15, 0.2) is 0 Å². The van der Waals surface area contributed by atoms with Gasteiger partial charge in [0.25, 0.3) is 10.0 Å². The van der Waals surface area contributed by atoms with Crippen LogP contribution in [0.5, 0.6) is 0 Å². The zero-order chi connectivity index (χ0) is 14.9. The zero-order valence-electron chi connectivity index (χ0n) is 10.8. The molecular formula is C13H11BrN2O2S2. The van der Waals surface area contributed by atoms with E-state index in [2.05, 4.69) is 20.7 Å². The third kappa shape index (κ3) is 3.03.